The Hall–Kier alpha value is -1.62. The average molecular weight is 280 g/mol. The van der Waals surface area contributed by atoms with Gasteiger partial charge in [0.1, 0.15) is 5.82 Å². The number of benzene rings is 1. The normalized spacial score (nSPS) is 14.1. The van der Waals surface area contributed by atoms with Crippen LogP contribution in [-0.2, 0) is 6.42 Å². The molecule has 0 aromatic heterocycles. The number of amides is 2. The summed E-state index contributed by atoms with van der Waals surface area (Å²) in [5.74, 6) is -0.227. The largest absolute Gasteiger partial charge is 0.395 e. The van der Waals surface area contributed by atoms with Crippen LogP contribution in [0.3, 0.4) is 0 Å². The summed E-state index contributed by atoms with van der Waals surface area (Å²) in [5.41, 5.74) is 0.939. The SMILES string of the molecule is O=C(NCCCc1cccc(F)c1)N(CCO)C1CC1. The summed E-state index contributed by atoms with van der Waals surface area (Å²) in [6.07, 6.45) is 3.56. The van der Waals surface area contributed by atoms with E-state index in [2.05, 4.69) is 5.32 Å². The molecule has 0 saturated heterocycles. The van der Waals surface area contributed by atoms with Crippen LogP contribution in [0.15, 0.2) is 24.3 Å². The third-order valence-electron chi connectivity index (χ3n) is 3.40. The molecule has 2 N–H and O–H groups in total. The summed E-state index contributed by atoms with van der Waals surface area (Å²) in [4.78, 5) is 13.6. The predicted octanol–water partition coefficient (Wildman–Crippen LogP) is 1.92. The van der Waals surface area contributed by atoms with Gasteiger partial charge in [-0.1, -0.05) is 12.1 Å². The van der Waals surface area contributed by atoms with Crippen LogP contribution in [0.1, 0.15) is 24.8 Å². The first kappa shape index (κ1) is 14.8. The van der Waals surface area contributed by atoms with Crippen molar-refractivity contribution in [3.63, 3.8) is 0 Å². The van der Waals surface area contributed by atoms with Crippen molar-refractivity contribution >= 4 is 6.03 Å². The monoisotopic (exact) mass is 280 g/mol. The molecule has 0 atom stereocenters. The maximum absolute atomic E-state index is 13.0. The first-order chi connectivity index (χ1) is 9.70. The van der Waals surface area contributed by atoms with Gasteiger partial charge in [-0.2, -0.15) is 0 Å². The van der Waals surface area contributed by atoms with E-state index in [-0.39, 0.29) is 18.5 Å². The first-order valence-electron chi connectivity index (χ1n) is 7.10. The number of rotatable bonds is 7. The van der Waals surface area contributed by atoms with Crippen molar-refractivity contribution in [3.05, 3.63) is 35.6 Å². The van der Waals surface area contributed by atoms with Gasteiger partial charge in [0.05, 0.1) is 6.61 Å². The zero-order valence-electron chi connectivity index (χ0n) is 11.5. The van der Waals surface area contributed by atoms with Crippen molar-refractivity contribution in [1.29, 1.82) is 0 Å². The number of nitrogens with zero attached hydrogens (tertiary/aromatic N) is 1. The van der Waals surface area contributed by atoms with E-state index in [1.54, 1.807) is 11.0 Å². The summed E-state index contributed by atoms with van der Waals surface area (Å²) < 4.78 is 13.0. The number of aryl methyl sites for hydroxylation is 1. The van der Waals surface area contributed by atoms with Gasteiger partial charge in [0.2, 0.25) is 0 Å². The molecule has 1 aromatic carbocycles. The van der Waals surface area contributed by atoms with E-state index < -0.39 is 0 Å². The number of aliphatic hydroxyl groups excluding tert-OH is 1. The minimum atomic E-state index is -0.227. The quantitative estimate of drug-likeness (QED) is 0.750. The highest BCUT2D eigenvalue weighted by atomic mass is 19.1. The van der Waals surface area contributed by atoms with Crippen LogP contribution < -0.4 is 5.32 Å². The highest BCUT2D eigenvalue weighted by Crippen LogP contribution is 2.26. The van der Waals surface area contributed by atoms with Crippen LogP contribution in [0.2, 0.25) is 0 Å². The Bertz CT molecular complexity index is 449. The number of carbonyl (C=O) groups is 1. The van der Waals surface area contributed by atoms with E-state index in [0.717, 1.165) is 31.2 Å². The minimum Gasteiger partial charge on any atom is -0.395 e. The van der Waals surface area contributed by atoms with Gasteiger partial charge in [0.25, 0.3) is 0 Å². The lowest BCUT2D eigenvalue weighted by Gasteiger charge is -2.21. The molecule has 0 aliphatic heterocycles. The molecule has 2 rings (SSSR count). The lowest BCUT2D eigenvalue weighted by atomic mass is 10.1. The number of hydrogen-bond acceptors (Lipinski definition) is 2. The molecular weight excluding hydrogens is 259 g/mol. The Balaban J connectivity index is 1.68. The molecule has 1 fully saturated rings. The number of carbonyl (C=O) groups excluding carboxylic acids is 1. The van der Waals surface area contributed by atoms with Crippen molar-refractivity contribution in [2.24, 2.45) is 0 Å². The highest BCUT2D eigenvalue weighted by Gasteiger charge is 2.31. The van der Waals surface area contributed by atoms with E-state index in [1.807, 2.05) is 6.07 Å². The zero-order chi connectivity index (χ0) is 14.4. The van der Waals surface area contributed by atoms with Crippen molar-refractivity contribution < 1.29 is 14.3 Å². The zero-order valence-corrected chi connectivity index (χ0v) is 11.5. The number of nitrogens with one attached hydrogen (secondary N) is 1. The number of hydrogen-bond donors (Lipinski definition) is 2. The number of aliphatic hydroxyl groups is 1. The molecule has 1 aliphatic rings. The molecule has 0 bridgehead atoms. The lowest BCUT2D eigenvalue weighted by molar-refractivity contribution is 0.173. The van der Waals surface area contributed by atoms with E-state index in [4.69, 9.17) is 5.11 Å². The number of urea groups is 1. The van der Waals surface area contributed by atoms with Gasteiger partial charge in [-0.05, 0) is 43.4 Å². The van der Waals surface area contributed by atoms with Gasteiger partial charge < -0.3 is 15.3 Å². The van der Waals surface area contributed by atoms with Crippen molar-refractivity contribution in [2.45, 2.75) is 31.7 Å². The molecule has 0 heterocycles. The Morgan fingerprint density at radius 3 is 2.90 bits per heavy atom. The summed E-state index contributed by atoms with van der Waals surface area (Å²) in [6, 6.07) is 6.70. The second-order valence-electron chi connectivity index (χ2n) is 5.11. The Labute approximate surface area is 118 Å². The smallest absolute Gasteiger partial charge is 0.317 e. The molecule has 2 amide bonds. The highest BCUT2D eigenvalue weighted by molar-refractivity contribution is 5.74. The van der Waals surface area contributed by atoms with Crippen molar-refractivity contribution in [3.8, 4) is 0 Å². The Morgan fingerprint density at radius 1 is 1.45 bits per heavy atom. The van der Waals surface area contributed by atoms with E-state index in [9.17, 15) is 9.18 Å². The van der Waals surface area contributed by atoms with Crippen LogP contribution in [0.4, 0.5) is 9.18 Å². The Morgan fingerprint density at radius 2 is 2.25 bits per heavy atom. The lowest BCUT2D eigenvalue weighted by Crippen LogP contribution is -2.43. The molecule has 110 valence electrons. The van der Waals surface area contributed by atoms with Crippen molar-refractivity contribution in [1.82, 2.24) is 10.2 Å². The van der Waals surface area contributed by atoms with E-state index in [0.29, 0.717) is 19.1 Å². The van der Waals surface area contributed by atoms with Crippen LogP contribution >= 0.6 is 0 Å². The topological polar surface area (TPSA) is 52.6 Å². The molecule has 0 radical (unpaired) electrons. The summed E-state index contributed by atoms with van der Waals surface area (Å²) >= 11 is 0. The second kappa shape index (κ2) is 7.24. The minimum absolute atomic E-state index is 0.00673. The van der Waals surface area contributed by atoms with Gasteiger partial charge in [-0.25, -0.2) is 9.18 Å². The molecule has 1 saturated carbocycles. The summed E-state index contributed by atoms with van der Waals surface area (Å²) in [6.45, 7) is 0.942. The van der Waals surface area contributed by atoms with Crippen LogP contribution in [0, 0.1) is 5.82 Å². The standard InChI is InChI=1S/C15H21FN2O2/c16-13-5-1-3-12(11-13)4-2-8-17-15(20)18(9-10-19)14-6-7-14/h1,3,5,11,14,19H,2,4,6-10H2,(H,17,20). The maximum atomic E-state index is 13.0. The molecule has 1 aromatic rings. The summed E-state index contributed by atoms with van der Waals surface area (Å²) in [7, 11) is 0. The fraction of sp³-hybridized carbons (Fsp3) is 0.533. The average Bonchev–Trinajstić information content (AvgIpc) is 3.25. The molecule has 0 unspecified atom stereocenters. The molecule has 20 heavy (non-hydrogen) atoms. The maximum Gasteiger partial charge on any atom is 0.317 e. The third kappa shape index (κ3) is 4.49. The molecule has 4 nitrogen and oxygen atoms in total. The molecule has 5 heteroatoms. The first-order valence-corrected chi connectivity index (χ1v) is 7.10. The second-order valence-corrected chi connectivity index (χ2v) is 5.11. The van der Waals surface area contributed by atoms with E-state index in [1.165, 1.54) is 12.1 Å². The van der Waals surface area contributed by atoms with Crippen LogP contribution in [0.25, 0.3) is 0 Å². The van der Waals surface area contributed by atoms with Crippen LogP contribution in [-0.4, -0.2) is 41.8 Å². The van der Waals surface area contributed by atoms with E-state index >= 15 is 0 Å². The van der Waals surface area contributed by atoms with Gasteiger partial charge >= 0.3 is 6.03 Å². The van der Waals surface area contributed by atoms with Gasteiger partial charge in [-0.15, -0.1) is 0 Å². The predicted molar refractivity (Wildman–Crippen MR) is 74.9 cm³/mol. The fourth-order valence-electron chi connectivity index (χ4n) is 2.23. The van der Waals surface area contributed by atoms with Gasteiger partial charge in [-0.3, -0.25) is 0 Å². The third-order valence-corrected chi connectivity index (χ3v) is 3.40. The molecule has 0 spiro atoms. The molecular formula is C15H21FN2O2. The van der Waals surface area contributed by atoms with Crippen molar-refractivity contribution in [2.75, 3.05) is 19.7 Å². The Kier molecular flexibility index (Phi) is 5.35. The number of halogens is 1. The van der Waals surface area contributed by atoms with Gasteiger partial charge in [0, 0.05) is 19.1 Å². The summed E-state index contributed by atoms with van der Waals surface area (Å²) in [5, 5.41) is 11.8. The van der Waals surface area contributed by atoms with Gasteiger partial charge in [0.15, 0.2) is 0 Å². The fourth-order valence-corrected chi connectivity index (χ4v) is 2.23. The molecule has 1 aliphatic carbocycles. The van der Waals surface area contributed by atoms with Crippen LogP contribution in [0.5, 0.6) is 0 Å².